The second kappa shape index (κ2) is 6.80. The second-order valence-electron chi connectivity index (χ2n) is 6.63. The first kappa shape index (κ1) is 17.7. The number of fused-ring (bicyclic) bond motifs is 3. The number of aromatic nitrogens is 1. The maximum absolute atomic E-state index is 12.6. The van der Waals surface area contributed by atoms with Crippen LogP contribution in [0, 0.1) is 6.92 Å². The van der Waals surface area contributed by atoms with E-state index in [0.717, 1.165) is 25.8 Å². The lowest BCUT2D eigenvalue weighted by Crippen LogP contribution is -2.35. The van der Waals surface area contributed by atoms with Gasteiger partial charge in [-0.2, -0.15) is 8.42 Å². The summed E-state index contributed by atoms with van der Waals surface area (Å²) in [5, 5.41) is 3.76. The van der Waals surface area contributed by atoms with Gasteiger partial charge in [0.1, 0.15) is 28.8 Å². The minimum Gasteiger partial charge on any atom is -0.455 e. The fourth-order valence-corrected chi connectivity index (χ4v) is 4.60. The Morgan fingerprint density at radius 2 is 2.11 bits per heavy atom. The average molecular weight is 389 g/mol. The molecule has 2 aliphatic heterocycles. The number of rotatable bonds is 3. The van der Waals surface area contributed by atoms with Crippen LogP contribution < -0.4 is 4.90 Å². The Morgan fingerprint density at radius 1 is 1.26 bits per heavy atom. The van der Waals surface area contributed by atoms with Gasteiger partial charge in [-0.3, -0.25) is 0 Å². The SMILES string of the molecule is Cc1cc(COC(=O)c2ccc3c(c2)S(=O)(=O)N=C2CCCCCN23)no1. The van der Waals surface area contributed by atoms with Crippen molar-refractivity contribution in [1.29, 1.82) is 0 Å². The van der Waals surface area contributed by atoms with Crippen LogP contribution >= 0.6 is 0 Å². The number of ether oxygens (including phenoxy) is 1. The summed E-state index contributed by atoms with van der Waals surface area (Å²) in [5.41, 5.74) is 1.22. The molecule has 3 heterocycles. The summed E-state index contributed by atoms with van der Waals surface area (Å²) in [4.78, 5) is 14.3. The monoisotopic (exact) mass is 389 g/mol. The van der Waals surface area contributed by atoms with Gasteiger partial charge in [-0.25, -0.2) is 4.79 Å². The van der Waals surface area contributed by atoms with Gasteiger partial charge in [0, 0.05) is 19.0 Å². The molecular weight excluding hydrogens is 370 g/mol. The van der Waals surface area contributed by atoms with Crippen molar-refractivity contribution in [3.63, 3.8) is 0 Å². The molecular formula is C18H19N3O5S. The smallest absolute Gasteiger partial charge is 0.338 e. The maximum atomic E-state index is 12.6. The first-order chi connectivity index (χ1) is 12.9. The number of hydrogen-bond acceptors (Lipinski definition) is 7. The quantitative estimate of drug-likeness (QED) is 0.744. The van der Waals surface area contributed by atoms with Crippen molar-refractivity contribution >= 4 is 27.5 Å². The van der Waals surface area contributed by atoms with E-state index in [1.54, 1.807) is 25.1 Å². The molecule has 0 spiro atoms. The molecule has 0 atom stereocenters. The molecule has 142 valence electrons. The van der Waals surface area contributed by atoms with E-state index in [0.29, 0.717) is 29.4 Å². The average Bonchev–Trinajstić information content (AvgIpc) is 2.92. The molecule has 0 N–H and O–H groups in total. The normalized spacial score (nSPS) is 18.1. The van der Waals surface area contributed by atoms with Crippen molar-refractivity contribution in [1.82, 2.24) is 5.16 Å². The molecule has 8 nitrogen and oxygen atoms in total. The predicted molar refractivity (Wildman–Crippen MR) is 97.2 cm³/mol. The van der Waals surface area contributed by atoms with E-state index in [4.69, 9.17) is 9.26 Å². The van der Waals surface area contributed by atoms with Crippen LogP contribution in [-0.4, -0.2) is 31.9 Å². The number of esters is 1. The van der Waals surface area contributed by atoms with Gasteiger partial charge >= 0.3 is 5.97 Å². The topological polar surface area (TPSA) is 102 Å². The number of nitrogens with zero attached hydrogens (tertiary/aromatic N) is 3. The number of anilines is 1. The Labute approximate surface area is 156 Å². The molecule has 27 heavy (non-hydrogen) atoms. The standard InChI is InChI=1S/C18H19N3O5S/c1-12-9-14(19-26-12)11-25-18(22)13-6-7-15-16(10-13)27(23,24)20-17-5-3-2-4-8-21(15)17/h6-7,9-10H,2-5,8,11H2,1H3. The molecule has 9 heteroatoms. The minimum atomic E-state index is -3.84. The van der Waals surface area contributed by atoms with E-state index in [2.05, 4.69) is 9.55 Å². The second-order valence-corrected chi connectivity index (χ2v) is 8.20. The van der Waals surface area contributed by atoms with Gasteiger partial charge in [0.25, 0.3) is 10.0 Å². The molecule has 1 aromatic carbocycles. The summed E-state index contributed by atoms with van der Waals surface area (Å²) in [6, 6.07) is 6.24. The molecule has 2 aromatic rings. The Bertz CT molecular complexity index is 1030. The zero-order valence-corrected chi connectivity index (χ0v) is 15.7. The van der Waals surface area contributed by atoms with Crippen LogP contribution in [-0.2, 0) is 21.4 Å². The molecule has 0 radical (unpaired) electrons. The van der Waals surface area contributed by atoms with E-state index in [1.165, 1.54) is 6.07 Å². The van der Waals surface area contributed by atoms with E-state index >= 15 is 0 Å². The number of sulfonamides is 1. The highest BCUT2D eigenvalue weighted by molar-refractivity contribution is 7.90. The lowest BCUT2D eigenvalue weighted by atomic mass is 10.2. The molecule has 4 rings (SSSR count). The lowest BCUT2D eigenvalue weighted by Gasteiger charge is -2.29. The first-order valence-corrected chi connectivity index (χ1v) is 10.2. The summed E-state index contributed by atoms with van der Waals surface area (Å²) >= 11 is 0. The molecule has 1 saturated heterocycles. The predicted octanol–water partition coefficient (Wildman–Crippen LogP) is 2.82. The first-order valence-electron chi connectivity index (χ1n) is 8.79. The van der Waals surface area contributed by atoms with Gasteiger partial charge in [0.15, 0.2) is 0 Å². The number of hydrogen-bond donors (Lipinski definition) is 0. The van der Waals surface area contributed by atoms with E-state index in [1.807, 2.05) is 4.90 Å². The Hall–Kier alpha value is -2.68. The van der Waals surface area contributed by atoms with Gasteiger partial charge in [0.2, 0.25) is 0 Å². The van der Waals surface area contributed by atoms with E-state index in [-0.39, 0.29) is 17.1 Å². The summed E-state index contributed by atoms with van der Waals surface area (Å²) in [5.74, 6) is 0.572. The number of amidine groups is 1. The minimum absolute atomic E-state index is 0.0416. The Balaban J connectivity index is 1.61. The molecule has 0 bridgehead atoms. The highest BCUT2D eigenvalue weighted by atomic mass is 32.2. The van der Waals surface area contributed by atoms with Crippen LogP contribution in [0.4, 0.5) is 5.69 Å². The fourth-order valence-electron chi connectivity index (χ4n) is 3.32. The molecule has 0 aliphatic carbocycles. The van der Waals surface area contributed by atoms with Crippen LogP contribution in [0.1, 0.15) is 47.5 Å². The Kier molecular flexibility index (Phi) is 4.47. The van der Waals surface area contributed by atoms with Gasteiger partial charge in [0.05, 0.1) is 11.3 Å². The molecule has 1 fully saturated rings. The maximum Gasteiger partial charge on any atom is 0.338 e. The third-order valence-electron chi connectivity index (χ3n) is 4.61. The van der Waals surface area contributed by atoms with Gasteiger partial charge < -0.3 is 14.2 Å². The largest absolute Gasteiger partial charge is 0.455 e. The highest BCUT2D eigenvalue weighted by Gasteiger charge is 2.32. The third kappa shape index (κ3) is 3.46. The zero-order chi connectivity index (χ0) is 19.0. The van der Waals surface area contributed by atoms with Gasteiger partial charge in [-0.15, -0.1) is 4.40 Å². The lowest BCUT2D eigenvalue weighted by molar-refractivity contribution is 0.0464. The van der Waals surface area contributed by atoms with Crippen molar-refractivity contribution in [3.05, 3.63) is 41.3 Å². The summed E-state index contributed by atoms with van der Waals surface area (Å²) in [6.45, 7) is 2.41. The van der Waals surface area contributed by atoms with Crippen molar-refractivity contribution in [2.75, 3.05) is 11.4 Å². The molecule has 0 amide bonds. The third-order valence-corrected chi connectivity index (χ3v) is 5.95. The van der Waals surface area contributed by atoms with Gasteiger partial charge in [-0.1, -0.05) is 11.6 Å². The van der Waals surface area contributed by atoms with E-state index in [9.17, 15) is 13.2 Å². The Morgan fingerprint density at radius 3 is 2.89 bits per heavy atom. The van der Waals surface area contributed by atoms with E-state index < -0.39 is 16.0 Å². The van der Waals surface area contributed by atoms with Crippen LogP contribution in [0.3, 0.4) is 0 Å². The summed E-state index contributed by atoms with van der Waals surface area (Å²) in [7, 11) is -3.84. The van der Waals surface area contributed by atoms with Crippen molar-refractivity contribution in [2.24, 2.45) is 4.40 Å². The van der Waals surface area contributed by atoms with Crippen LogP contribution in [0.15, 0.2) is 38.1 Å². The zero-order valence-electron chi connectivity index (χ0n) is 14.8. The molecule has 0 unspecified atom stereocenters. The number of carbonyl (C=O) groups excluding carboxylic acids is 1. The van der Waals surface area contributed by atoms with Crippen molar-refractivity contribution < 1.29 is 22.5 Å². The molecule has 1 aromatic heterocycles. The van der Waals surface area contributed by atoms with Crippen LogP contribution in [0.5, 0.6) is 0 Å². The van der Waals surface area contributed by atoms with Crippen molar-refractivity contribution in [2.45, 2.75) is 44.1 Å². The number of benzene rings is 1. The number of carbonyl (C=O) groups is 1. The summed E-state index contributed by atoms with van der Waals surface area (Å²) < 4.78 is 39.3. The van der Waals surface area contributed by atoms with Crippen LogP contribution in [0.25, 0.3) is 0 Å². The number of aryl methyl sites for hydroxylation is 1. The molecule has 2 aliphatic rings. The van der Waals surface area contributed by atoms with Crippen molar-refractivity contribution in [3.8, 4) is 0 Å². The van der Waals surface area contributed by atoms with Gasteiger partial charge in [-0.05, 0) is 38.0 Å². The highest BCUT2D eigenvalue weighted by Crippen LogP contribution is 2.35. The fraction of sp³-hybridized carbons (Fsp3) is 0.389. The molecule has 0 saturated carbocycles. The summed E-state index contributed by atoms with van der Waals surface area (Å²) in [6.07, 6.45) is 3.57. The van der Waals surface area contributed by atoms with Crippen LogP contribution in [0.2, 0.25) is 0 Å².